The number of para-hydroxylation sites is 1. The number of urea groups is 1. The number of carbonyl (C=O) groups is 2. The summed E-state index contributed by atoms with van der Waals surface area (Å²) < 4.78 is 0. The third kappa shape index (κ3) is 4.25. The summed E-state index contributed by atoms with van der Waals surface area (Å²) in [4.78, 5) is 28.5. The zero-order valence-corrected chi connectivity index (χ0v) is 15.2. The maximum Gasteiger partial charge on any atom is 0.325 e. The number of aromatic nitrogens is 1. The Kier molecular flexibility index (Phi) is 5.28. The number of nitrogens with zero attached hydrogens (tertiary/aromatic N) is 1. The van der Waals surface area contributed by atoms with Crippen LogP contribution >= 0.6 is 11.3 Å². The van der Waals surface area contributed by atoms with Gasteiger partial charge in [-0.1, -0.05) is 30.3 Å². The Hall–Kier alpha value is -3.19. The van der Waals surface area contributed by atoms with E-state index in [4.69, 9.17) is 0 Å². The largest absolute Gasteiger partial charge is 0.325 e. The van der Waals surface area contributed by atoms with E-state index in [1.165, 1.54) is 11.3 Å². The van der Waals surface area contributed by atoms with Crippen LogP contribution in [-0.2, 0) is 0 Å². The third-order valence-electron chi connectivity index (χ3n) is 3.84. The molecule has 0 bridgehead atoms. The van der Waals surface area contributed by atoms with E-state index in [0.717, 1.165) is 16.8 Å². The zero-order chi connectivity index (χ0) is 18.5. The topological polar surface area (TPSA) is 83.1 Å². The molecule has 0 unspecified atom stereocenters. The van der Waals surface area contributed by atoms with Crippen LogP contribution in [0.2, 0.25) is 0 Å². The molecule has 0 fully saturated rings. The predicted molar refractivity (Wildman–Crippen MR) is 105 cm³/mol. The Labute approximate surface area is 155 Å². The highest BCUT2D eigenvalue weighted by atomic mass is 32.1. The lowest BCUT2D eigenvalue weighted by Crippen LogP contribution is -2.19. The zero-order valence-electron chi connectivity index (χ0n) is 14.4. The molecular weight excluding hydrogens is 348 g/mol. The van der Waals surface area contributed by atoms with Gasteiger partial charge in [0.15, 0.2) is 5.13 Å². The van der Waals surface area contributed by atoms with Gasteiger partial charge in [0.2, 0.25) is 0 Å². The lowest BCUT2D eigenvalue weighted by molar-refractivity contribution is 0.102. The van der Waals surface area contributed by atoms with E-state index >= 15 is 0 Å². The Morgan fingerprint density at radius 1 is 0.923 bits per heavy atom. The van der Waals surface area contributed by atoms with E-state index in [1.807, 2.05) is 50.2 Å². The lowest BCUT2D eigenvalue weighted by atomic mass is 10.1. The number of aryl methyl sites for hydroxylation is 1. The Morgan fingerprint density at radius 3 is 2.46 bits per heavy atom. The molecule has 3 N–H and O–H groups in total. The average molecular weight is 366 g/mol. The Balaban J connectivity index is 1.63. The maximum absolute atomic E-state index is 12.4. The first-order valence-electron chi connectivity index (χ1n) is 7.99. The minimum absolute atomic E-state index is 0.255. The lowest BCUT2D eigenvalue weighted by Gasteiger charge is -2.09. The van der Waals surface area contributed by atoms with Crippen LogP contribution in [0.25, 0.3) is 0 Å². The van der Waals surface area contributed by atoms with Crippen molar-refractivity contribution in [3.8, 4) is 0 Å². The summed E-state index contributed by atoms with van der Waals surface area (Å²) in [6.45, 7) is 3.94. The second-order valence-corrected chi connectivity index (χ2v) is 6.54. The van der Waals surface area contributed by atoms with E-state index in [-0.39, 0.29) is 11.6 Å². The first kappa shape index (κ1) is 17.6. The molecule has 0 spiro atoms. The van der Waals surface area contributed by atoms with Gasteiger partial charge in [-0.05, 0) is 43.2 Å². The van der Waals surface area contributed by atoms with Crippen molar-refractivity contribution < 1.29 is 9.59 Å². The van der Waals surface area contributed by atoms with Crippen LogP contribution in [0.15, 0.2) is 53.9 Å². The van der Waals surface area contributed by atoms with Crippen molar-refractivity contribution in [2.24, 2.45) is 0 Å². The summed E-state index contributed by atoms with van der Waals surface area (Å²) in [7, 11) is 0. The number of anilines is 3. The molecule has 6 nitrogen and oxygen atoms in total. The van der Waals surface area contributed by atoms with Crippen molar-refractivity contribution in [3.63, 3.8) is 0 Å². The summed E-state index contributed by atoms with van der Waals surface area (Å²) in [5.74, 6) is -0.313. The number of nitrogens with one attached hydrogen (secondary N) is 3. The number of rotatable bonds is 4. The van der Waals surface area contributed by atoms with E-state index in [2.05, 4.69) is 20.9 Å². The number of benzene rings is 2. The molecule has 0 atom stereocenters. The van der Waals surface area contributed by atoms with Crippen LogP contribution in [0.1, 0.15) is 21.6 Å². The van der Waals surface area contributed by atoms with Gasteiger partial charge >= 0.3 is 6.03 Å². The number of amides is 3. The minimum atomic E-state index is -0.410. The number of hydrogen-bond acceptors (Lipinski definition) is 4. The number of hydrogen-bond donors (Lipinski definition) is 3. The van der Waals surface area contributed by atoms with Gasteiger partial charge in [0, 0.05) is 16.8 Å². The quantitative estimate of drug-likeness (QED) is 0.628. The summed E-state index contributed by atoms with van der Waals surface area (Å²) in [6.07, 6.45) is 0. The fraction of sp³-hybridized carbons (Fsp3) is 0.105. The van der Waals surface area contributed by atoms with Gasteiger partial charge in [-0.3, -0.25) is 10.1 Å². The maximum atomic E-state index is 12.4. The molecule has 3 amide bonds. The fourth-order valence-corrected chi connectivity index (χ4v) is 2.97. The molecule has 26 heavy (non-hydrogen) atoms. The molecule has 0 saturated carbocycles. The number of thiazole rings is 1. The van der Waals surface area contributed by atoms with Gasteiger partial charge in [0.1, 0.15) is 5.69 Å². The second-order valence-electron chi connectivity index (χ2n) is 5.68. The standard InChI is InChI=1S/C19H18N4O2S/c1-12-7-6-10-15(13(12)2)21-17(24)16-11-26-19(22-16)23-18(25)20-14-8-4-3-5-9-14/h3-11H,1-2H3,(H,21,24)(H2,20,22,23,25). The van der Waals surface area contributed by atoms with E-state index < -0.39 is 6.03 Å². The van der Waals surface area contributed by atoms with Crippen molar-refractivity contribution in [1.82, 2.24) is 4.98 Å². The molecule has 3 rings (SSSR count). The van der Waals surface area contributed by atoms with Crippen LogP contribution < -0.4 is 16.0 Å². The SMILES string of the molecule is Cc1cccc(NC(=O)c2csc(NC(=O)Nc3ccccc3)n2)c1C. The second kappa shape index (κ2) is 7.79. The summed E-state index contributed by atoms with van der Waals surface area (Å²) >= 11 is 1.19. The predicted octanol–water partition coefficient (Wildman–Crippen LogP) is 4.66. The molecule has 0 aliphatic carbocycles. The molecule has 0 radical (unpaired) electrons. The molecule has 3 aromatic rings. The van der Waals surface area contributed by atoms with E-state index in [1.54, 1.807) is 17.5 Å². The van der Waals surface area contributed by atoms with E-state index in [0.29, 0.717) is 10.8 Å². The van der Waals surface area contributed by atoms with Gasteiger partial charge < -0.3 is 10.6 Å². The van der Waals surface area contributed by atoms with Gasteiger partial charge in [-0.25, -0.2) is 9.78 Å². The monoisotopic (exact) mass is 366 g/mol. The average Bonchev–Trinajstić information content (AvgIpc) is 3.08. The molecule has 0 aliphatic rings. The highest BCUT2D eigenvalue weighted by molar-refractivity contribution is 7.14. The summed E-state index contributed by atoms with van der Waals surface area (Å²) in [5.41, 5.74) is 3.79. The third-order valence-corrected chi connectivity index (χ3v) is 4.60. The first-order chi connectivity index (χ1) is 12.5. The van der Waals surface area contributed by atoms with Crippen molar-refractivity contribution in [1.29, 1.82) is 0 Å². The van der Waals surface area contributed by atoms with Crippen molar-refractivity contribution in [2.75, 3.05) is 16.0 Å². The first-order valence-corrected chi connectivity index (χ1v) is 8.87. The van der Waals surface area contributed by atoms with Gasteiger partial charge in [0.05, 0.1) is 0 Å². The Bertz CT molecular complexity index is 938. The molecule has 7 heteroatoms. The van der Waals surface area contributed by atoms with Crippen LogP contribution in [0, 0.1) is 13.8 Å². The highest BCUT2D eigenvalue weighted by Gasteiger charge is 2.14. The van der Waals surface area contributed by atoms with Crippen molar-refractivity contribution >= 4 is 39.8 Å². The smallest absolute Gasteiger partial charge is 0.320 e. The van der Waals surface area contributed by atoms with Crippen molar-refractivity contribution in [2.45, 2.75) is 13.8 Å². The number of carbonyl (C=O) groups excluding carboxylic acids is 2. The van der Waals surface area contributed by atoms with Gasteiger partial charge in [-0.15, -0.1) is 11.3 Å². The Morgan fingerprint density at radius 2 is 1.69 bits per heavy atom. The van der Waals surface area contributed by atoms with Crippen LogP contribution in [-0.4, -0.2) is 16.9 Å². The molecule has 1 heterocycles. The fourth-order valence-electron chi connectivity index (χ4n) is 2.29. The summed E-state index contributed by atoms with van der Waals surface area (Å²) in [5, 5.41) is 10.1. The van der Waals surface area contributed by atoms with Crippen molar-refractivity contribution in [3.05, 3.63) is 70.7 Å². The minimum Gasteiger partial charge on any atom is -0.320 e. The molecule has 0 saturated heterocycles. The van der Waals surface area contributed by atoms with Crippen LogP contribution in [0.3, 0.4) is 0 Å². The normalized spacial score (nSPS) is 10.2. The molecular formula is C19H18N4O2S. The van der Waals surface area contributed by atoms with Crippen LogP contribution in [0.4, 0.5) is 21.3 Å². The van der Waals surface area contributed by atoms with Crippen LogP contribution in [0.5, 0.6) is 0 Å². The highest BCUT2D eigenvalue weighted by Crippen LogP contribution is 2.21. The molecule has 0 aliphatic heterocycles. The van der Waals surface area contributed by atoms with E-state index in [9.17, 15) is 9.59 Å². The molecule has 132 valence electrons. The molecule has 2 aromatic carbocycles. The van der Waals surface area contributed by atoms with Gasteiger partial charge in [0.25, 0.3) is 5.91 Å². The van der Waals surface area contributed by atoms with Gasteiger partial charge in [-0.2, -0.15) is 0 Å². The summed E-state index contributed by atoms with van der Waals surface area (Å²) in [6, 6.07) is 14.4. The molecule has 1 aromatic heterocycles.